The fourth-order valence-electron chi connectivity index (χ4n) is 8.62. The molecule has 4 fully saturated rings. The van der Waals surface area contributed by atoms with E-state index in [9.17, 15) is 19.8 Å². The van der Waals surface area contributed by atoms with Crippen LogP contribution in [0.25, 0.3) is 0 Å². The summed E-state index contributed by atoms with van der Waals surface area (Å²) in [6, 6.07) is 0. The van der Waals surface area contributed by atoms with Crippen molar-refractivity contribution in [2.24, 2.45) is 46.3 Å². The van der Waals surface area contributed by atoms with Crippen molar-refractivity contribution < 1.29 is 24.5 Å². The standard InChI is InChI=1S/C26H42O5/c1-5-31-23(30)9-6-15(2)18-7-8-19-24-20(14-22(29)26(18,19)4)25(3)11-10-17(27)12-16(25)13-21(24)28/h15-20,22,24,27,29H,5-14H2,1-4H3/t15-,16-,17+,18+,19-,20-,22-,24+,25-,26+/m0/s1. The predicted octanol–water partition coefficient (Wildman–Crippen LogP) is 4.14. The molecule has 0 aromatic carbocycles. The highest BCUT2D eigenvalue weighted by Gasteiger charge is 2.65. The number of esters is 1. The Balaban J connectivity index is 1.55. The smallest absolute Gasteiger partial charge is 0.305 e. The largest absolute Gasteiger partial charge is 0.466 e. The van der Waals surface area contributed by atoms with Crippen molar-refractivity contribution in [3.63, 3.8) is 0 Å². The van der Waals surface area contributed by atoms with E-state index in [-0.39, 0.29) is 46.6 Å². The van der Waals surface area contributed by atoms with E-state index in [4.69, 9.17) is 4.74 Å². The van der Waals surface area contributed by atoms with E-state index in [1.165, 1.54) is 0 Å². The minimum Gasteiger partial charge on any atom is -0.466 e. The van der Waals surface area contributed by atoms with Crippen LogP contribution in [0.2, 0.25) is 0 Å². The van der Waals surface area contributed by atoms with Gasteiger partial charge in [0.15, 0.2) is 0 Å². The third kappa shape index (κ3) is 3.68. The molecular weight excluding hydrogens is 392 g/mol. The van der Waals surface area contributed by atoms with Gasteiger partial charge in [-0.1, -0.05) is 20.8 Å². The van der Waals surface area contributed by atoms with Gasteiger partial charge in [-0.3, -0.25) is 9.59 Å². The van der Waals surface area contributed by atoms with Crippen molar-refractivity contribution in [1.82, 2.24) is 0 Å². The van der Waals surface area contributed by atoms with E-state index >= 15 is 0 Å². The molecule has 0 bridgehead atoms. The highest BCUT2D eigenvalue weighted by molar-refractivity contribution is 5.83. The Kier molecular flexibility index (Phi) is 6.33. The number of fused-ring (bicyclic) bond motifs is 5. The molecule has 176 valence electrons. The normalized spacial score (nSPS) is 47.8. The molecule has 0 radical (unpaired) electrons. The van der Waals surface area contributed by atoms with Gasteiger partial charge in [-0.15, -0.1) is 0 Å². The second-order valence-electron chi connectivity index (χ2n) is 11.7. The number of aliphatic hydroxyl groups excluding tert-OH is 2. The third-order valence-corrected chi connectivity index (χ3v) is 10.4. The molecule has 5 heteroatoms. The number of hydrogen-bond acceptors (Lipinski definition) is 5. The summed E-state index contributed by atoms with van der Waals surface area (Å²) in [5.74, 6) is 1.64. The Labute approximate surface area is 187 Å². The summed E-state index contributed by atoms with van der Waals surface area (Å²) < 4.78 is 5.11. The molecule has 0 saturated heterocycles. The van der Waals surface area contributed by atoms with E-state index in [1.807, 2.05) is 6.92 Å². The molecule has 4 saturated carbocycles. The Bertz CT molecular complexity index is 706. The van der Waals surface area contributed by atoms with Crippen LogP contribution in [0.3, 0.4) is 0 Å². The molecule has 0 aromatic heterocycles. The van der Waals surface area contributed by atoms with Gasteiger partial charge in [0.05, 0.1) is 18.8 Å². The molecule has 4 rings (SSSR count). The first-order valence-electron chi connectivity index (χ1n) is 12.7. The lowest BCUT2D eigenvalue weighted by Gasteiger charge is -2.61. The van der Waals surface area contributed by atoms with Crippen LogP contribution in [0, 0.1) is 46.3 Å². The van der Waals surface area contributed by atoms with E-state index in [0.717, 1.165) is 38.5 Å². The first-order valence-corrected chi connectivity index (χ1v) is 12.7. The van der Waals surface area contributed by atoms with Crippen LogP contribution in [0.5, 0.6) is 0 Å². The average Bonchev–Trinajstić information content (AvgIpc) is 3.07. The van der Waals surface area contributed by atoms with Crippen molar-refractivity contribution in [3.05, 3.63) is 0 Å². The van der Waals surface area contributed by atoms with Crippen molar-refractivity contribution in [1.29, 1.82) is 0 Å². The van der Waals surface area contributed by atoms with Crippen molar-refractivity contribution >= 4 is 11.8 Å². The zero-order valence-corrected chi connectivity index (χ0v) is 19.8. The summed E-state index contributed by atoms with van der Waals surface area (Å²) in [5, 5.41) is 21.8. The third-order valence-electron chi connectivity index (χ3n) is 10.4. The molecule has 2 N–H and O–H groups in total. The monoisotopic (exact) mass is 434 g/mol. The maximum absolute atomic E-state index is 13.5. The molecular formula is C26H42O5. The van der Waals surface area contributed by atoms with E-state index < -0.39 is 6.10 Å². The molecule has 0 aromatic rings. The number of hydrogen-bond donors (Lipinski definition) is 2. The number of ketones is 1. The average molecular weight is 435 g/mol. The maximum atomic E-state index is 13.5. The van der Waals surface area contributed by atoms with Crippen LogP contribution in [0.1, 0.15) is 85.5 Å². The van der Waals surface area contributed by atoms with Crippen LogP contribution >= 0.6 is 0 Å². The summed E-state index contributed by atoms with van der Waals surface area (Å²) in [4.78, 5) is 25.3. The van der Waals surface area contributed by atoms with Crippen molar-refractivity contribution in [2.75, 3.05) is 6.61 Å². The minimum absolute atomic E-state index is 0.0483. The SMILES string of the molecule is CCOC(=O)CC[C@H](C)[C@H]1CC[C@H]2[C@H]3C(=O)C[C@@H]4C[C@H](O)CC[C@]4(C)[C@H]3C[C@H](O)[C@]12C. The van der Waals surface area contributed by atoms with Gasteiger partial charge >= 0.3 is 5.97 Å². The van der Waals surface area contributed by atoms with Gasteiger partial charge < -0.3 is 14.9 Å². The highest BCUT2D eigenvalue weighted by atomic mass is 16.5. The quantitative estimate of drug-likeness (QED) is 0.636. The van der Waals surface area contributed by atoms with Crippen LogP contribution < -0.4 is 0 Å². The molecule has 5 nitrogen and oxygen atoms in total. The molecule has 0 aliphatic heterocycles. The zero-order valence-electron chi connectivity index (χ0n) is 19.8. The molecule has 0 amide bonds. The Morgan fingerprint density at radius 1 is 1.16 bits per heavy atom. The maximum Gasteiger partial charge on any atom is 0.305 e. The van der Waals surface area contributed by atoms with Crippen LogP contribution in [-0.2, 0) is 14.3 Å². The van der Waals surface area contributed by atoms with E-state index in [0.29, 0.717) is 43.5 Å². The van der Waals surface area contributed by atoms with Crippen LogP contribution in [-0.4, -0.2) is 40.8 Å². The number of Topliss-reactive ketones (excluding diaryl/α,β-unsaturated/α-hetero) is 1. The number of carbonyl (C=O) groups excluding carboxylic acids is 2. The number of ether oxygens (including phenoxy) is 1. The first-order chi connectivity index (χ1) is 14.6. The Morgan fingerprint density at radius 3 is 2.61 bits per heavy atom. The fourth-order valence-corrected chi connectivity index (χ4v) is 8.62. The van der Waals surface area contributed by atoms with Gasteiger partial charge in [0.1, 0.15) is 5.78 Å². The summed E-state index contributed by atoms with van der Waals surface area (Å²) >= 11 is 0. The second kappa shape index (κ2) is 8.44. The molecule has 10 atom stereocenters. The lowest BCUT2D eigenvalue weighted by atomic mass is 9.43. The highest BCUT2D eigenvalue weighted by Crippen LogP contribution is 2.67. The van der Waals surface area contributed by atoms with Gasteiger partial charge in [0, 0.05) is 24.2 Å². The second-order valence-corrected chi connectivity index (χ2v) is 11.7. The van der Waals surface area contributed by atoms with Crippen molar-refractivity contribution in [3.8, 4) is 0 Å². The van der Waals surface area contributed by atoms with Gasteiger partial charge in [-0.2, -0.15) is 0 Å². The Hall–Kier alpha value is -0.940. The van der Waals surface area contributed by atoms with Gasteiger partial charge in [0.2, 0.25) is 0 Å². The number of carbonyl (C=O) groups is 2. The van der Waals surface area contributed by atoms with Gasteiger partial charge in [-0.05, 0) is 86.9 Å². The summed E-state index contributed by atoms with van der Waals surface area (Å²) in [6.45, 7) is 9.01. The van der Waals surface area contributed by atoms with Crippen molar-refractivity contribution in [2.45, 2.75) is 97.7 Å². The zero-order chi connectivity index (χ0) is 22.6. The van der Waals surface area contributed by atoms with E-state index in [2.05, 4.69) is 20.8 Å². The topological polar surface area (TPSA) is 83.8 Å². The number of aliphatic hydroxyl groups is 2. The molecule has 0 heterocycles. The Morgan fingerprint density at radius 2 is 1.90 bits per heavy atom. The minimum atomic E-state index is -0.411. The summed E-state index contributed by atoms with van der Waals surface area (Å²) in [7, 11) is 0. The van der Waals surface area contributed by atoms with E-state index in [1.54, 1.807) is 0 Å². The van der Waals surface area contributed by atoms with Crippen LogP contribution in [0.15, 0.2) is 0 Å². The lowest BCUT2D eigenvalue weighted by Crippen LogP contribution is -2.61. The van der Waals surface area contributed by atoms with Gasteiger partial charge in [0.25, 0.3) is 0 Å². The molecule has 4 aliphatic carbocycles. The predicted molar refractivity (Wildman–Crippen MR) is 118 cm³/mol. The van der Waals surface area contributed by atoms with Gasteiger partial charge in [-0.25, -0.2) is 0 Å². The summed E-state index contributed by atoms with van der Waals surface area (Å²) in [6.07, 6.45) is 6.34. The first kappa shape index (κ1) is 23.2. The van der Waals surface area contributed by atoms with Crippen LogP contribution in [0.4, 0.5) is 0 Å². The molecule has 0 unspecified atom stereocenters. The molecule has 0 spiro atoms. The number of rotatable bonds is 5. The fraction of sp³-hybridized carbons (Fsp3) is 0.923. The molecule has 31 heavy (non-hydrogen) atoms. The summed E-state index contributed by atoms with van der Waals surface area (Å²) in [5.41, 5.74) is -0.212. The lowest BCUT2D eigenvalue weighted by molar-refractivity contribution is -0.182. The molecule has 4 aliphatic rings.